The van der Waals surface area contributed by atoms with Crippen LogP contribution in [0.5, 0.6) is 5.75 Å². The van der Waals surface area contributed by atoms with Gasteiger partial charge in [0, 0.05) is 30.6 Å². The molecule has 0 spiro atoms. The molecule has 8 nitrogen and oxygen atoms in total. The van der Waals surface area contributed by atoms with Gasteiger partial charge in [-0.2, -0.15) is 13.2 Å². The van der Waals surface area contributed by atoms with E-state index in [9.17, 15) is 23.1 Å². The molecule has 0 aliphatic heterocycles. The van der Waals surface area contributed by atoms with E-state index in [1.807, 2.05) is 0 Å². The summed E-state index contributed by atoms with van der Waals surface area (Å²) in [5.41, 5.74) is -0.266. The number of halogens is 3. The smallest absolute Gasteiger partial charge is 0.416 e. The maximum Gasteiger partial charge on any atom is 0.416 e. The van der Waals surface area contributed by atoms with Crippen LogP contribution in [0.3, 0.4) is 0 Å². The molecule has 0 saturated carbocycles. The van der Waals surface area contributed by atoms with Gasteiger partial charge in [-0.05, 0) is 37.6 Å². The summed E-state index contributed by atoms with van der Waals surface area (Å²) in [6.07, 6.45) is 1.84. The number of hydrogen-bond donors (Lipinski definition) is 1. The van der Waals surface area contributed by atoms with Gasteiger partial charge in [-0.3, -0.25) is 0 Å². The molecule has 162 valence electrons. The van der Waals surface area contributed by atoms with E-state index < -0.39 is 17.7 Å². The molecule has 0 bridgehead atoms. The summed E-state index contributed by atoms with van der Waals surface area (Å²) >= 11 is 0. The second kappa shape index (κ2) is 8.94. The fourth-order valence-corrected chi connectivity index (χ4v) is 2.68. The van der Waals surface area contributed by atoms with Gasteiger partial charge in [-0.1, -0.05) is 0 Å². The summed E-state index contributed by atoms with van der Waals surface area (Å²) in [4.78, 5) is 23.3. The minimum absolute atomic E-state index is 0.0104. The van der Waals surface area contributed by atoms with Crippen molar-refractivity contribution in [2.45, 2.75) is 32.5 Å². The Morgan fingerprint density at radius 3 is 2.55 bits per heavy atom. The van der Waals surface area contributed by atoms with E-state index >= 15 is 0 Å². The molecule has 0 fully saturated rings. The number of carbonyl (C=O) groups is 1. The van der Waals surface area contributed by atoms with Gasteiger partial charge in [0.05, 0.1) is 17.2 Å². The Morgan fingerprint density at radius 1 is 1.23 bits per heavy atom. The number of rotatable bonds is 7. The fraction of sp³-hybridized carbons (Fsp3) is 0.250. The first-order chi connectivity index (χ1) is 14.6. The highest BCUT2D eigenvalue weighted by atomic mass is 19.4. The molecule has 11 heteroatoms. The molecule has 2 aromatic heterocycles. The normalized spacial score (nSPS) is 12.3. The summed E-state index contributed by atoms with van der Waals surface area (Å²) in [6, 6.07) is 3.22. The van der Waals surface area contributed by atoms with E-state index in [0.717, 1.165) is 16.8 Å². The Hall–Kier alpha value is -3.76. The minimum atomic E-state index is -4.58. The van der Waals surface area contributed by atoms with Crippen LogP contribution < -0.4 is 4.74 Å². The lowest BCUT2D eigenvalue weighted by Crippen LogP contribution is -2.09. The second-order valence-electron chi connectivity index (χ2n) is 6.84. The molecule has 0 aliphatic carbocycles. The van der Waals surface area contributed by atoms with Crippen LogP contribution >= 0.6 is 0 Å². The molecule has 1 aromatic carbocycles. The highest BCUT2D eigenvalue weighted by Crippen LogP contribution is 2.35. The van der Waals surface area contributed by atoms with E-state index in [1.54, 1.807) is 13.8 Å². The Morgan fingerprint density at radius 2 is 1.94 bits per heavy atom. The van der Waals surface area contributed by atoms with Gasteiger partial charge >= 0.3 is 12.1 Å². The number of carboxylic acid groups (broad SMARTS) is 1. The third-order valence-electron chi connectivity index (χ3n) is 3.94. The van der Waals surface area contributed by atoms with Crippen LogP contribution in [0.15, 0.2) is 48.8 Å². The first kappa shape index (κ1) is 21.9. The summed E-state index contributed by atoms with van der Waals surface area (Å²) in [5, 5.41) is 13.6. The minimum Gasteiger partial charge on any atom is -0.491 e. The molecule has 31 heavy (non-hydrogen) atoms. The number of alkyl halides is 3. The number of carboxylic acids is 1. The molecule has 0 unspecified atom stereocenters. The summed E-state index contributed by atoms with van der Waals surface area (Å²) in [5.74, 6) is -1.17. The van der Waals surface area contributed by atoms with E-state index in [2.05, 4.69) is 20.1 Å². The van der Waals surface area contributed by atoms with E-state index in [-0.39, 0.29) is 35.2 Å². The highest BCUT2D eigenvalue weighted by Gasteiger charge is 2.32. The maximum atomic E-state index is 13.3. The fourth-order valence-electron chi connectivity index (χ4n) is 2.68. The zero-order chi connectivity index (χ0) is 22.6. The van der Waals surface area contributed by atoms with E-state index in [4.69, 9.17) is 4.74 Å². The molecule has 0 atom stereocenters. The number of aliphatic carboxylic acids is 1. The van der Waals surface area contributed by atoms with Crippen molar-refractivity contribution in [3.8, 4) is 17.1 Å². The van der Waals surface area contributed by atoms with Crippen molar-refractivity contribution in [3.05, 3.63) is 59.9 Å². The van der Waals surface area contributed by atoms with Crippen molar-refractivity contribution >= 4 is 12.2 Å². The molecular formula is C20H18F3N5O3. The number of aromatic nitrogens is 5. The van der Waals surface area contributed by atoms with Crippen molar-refractivity contribution in [1.82, 2.24) is 24.7 Å². The van der Waals surface area contributed by atoms with Crippen molar-refractivity contribution in [2.75, 3.05) is 0 Å². The number of benzene rings is 1. The van der Waals surface area contributed by atoms with Crippen LogP contribution in [-0.2, 0) is 17.4 Å². The quantitative estimate of drug-likeness (QED) is 0.567. The van der Waals surface area contributed by atoms with Crippen molar-refractivity contribution in [1.29, 1.82) is 0 Å². The van der Waals surface area contributed by atoms with E-state index in [0.29, 0.717) is 5.56 Å². The molecule has 2 heterocycles. The lowest BCUT2D eigenvalue weighted by molar-refractivity contribution is -0.137. The van der Waals surface area contributed by atoms with Gasteiger partial charge in [0.15, 0.2) is 5.82 Å². The average Bonchev–Trinajstić information content (AvgIpc) is 3.15. The average molecular weight is 433 g/mol. The summed E-state index contributed by atoms with van der Waals surface area (Å²) in [6.45, 7) is 3.39. The molecule has 0 radical (unpaired) electrons. The Labute approximate surface area is 175 Å². The van der Waals surface area contributed by atoms with Gasteiger partial charge < -0.3 is 9.84 Å². The molecule has 0 saturated heterocycles. The topological polar surface area (TPSA) is 103 Å². The summed E-state index contributed by atoms with van der Waals surface area (Å²) < 4.78 is 46.4. The van der Waals surface area contributed by atoms with Gasteiger partial charge in [-0.15, -0.1) is 5.10 Å². The van der Waals surface area contributed by atoms with Crippen LogP contribution in [0, 0.1) is 0 Å². The molecule has 3 aromatic rings. The van der Waals surface area contributed by atoms with Gasteiger partial charge in [0.2, 0.25) is 0 Å². The predicted octanol–water partition coefficient (Wildman–Crippen LogP) is 3.71. The molecule has 1 N–H and O–H groups in total. The van der Waals surface area contributed by atoms with Crippen LogP contribution in [0.2, 0.25) is 0 Å². The van der Waals surface area contributed by atoms with Crippen LogP contribution in [-0.4, -0.2) is 41.9 Å². The van der Waals surface area contributed by atoms with Gasteiger partial charge in [0.25, 0.3) is 0 Å². The number of nitrogens with zero attached hydrogens (tertiary/aromatic N) is 5. The van der Waals surface area contributed by atoms with Gasteiger partial charge in [0.1, 0.15) is 18.4 Å². The van der Waals surface area contributed by atoms with Crippen LogP contribution in [0.1, 0.15) is 25.0 Å². The zero-order valence-corrected chi connectivity index (χ0v) is 16.5. The zero-order valence-electron chi connectivity index (χ0n) is 16.5. The second-order valence-corrected chi connectivity index (χ2v) is 6.84. The molecule has 3 rings (SSSR count). The standard InChI is InChI=1S/C20H18F3N5O3/c1-12(2)31-17-5-14(4-16(6-17)20(21,22)23)18-26-11-28(27-18)9-15(19(29)30)3-13-7-24-10-25-8-13/h4-12H,3H2,1-2H3,(H,29,30). The van der Waals surface area contributed by atoms with Crippen LogP contribution in [0.4, 0.5) is 13.2 Å². The largest absolute Gasteiger partial charge is 0.491 e. The molecular weight excluding hydrogens is 415 g/mol. The lowest BCUT2D eigenvalue weighted by atomic mass is 10.1. The van der Waals surface area contributed by atoms with Crippen LogP contribution in [0.25, 0.3) is 17.6 Å². The van der Waals surface area contributed by atoms with Crippen molar-refractivity contribution in [2.24, 2.45) is 0 Å². The lowest BCUT2D eigenvalue weighted by Gasteiger charge is -2.14. The Kier molecular flexibility index (Phi) is 6.33. The SMILES string of the molecule is CC(C)Oc1cc(-c2ncn(C=C(Cc3cncnc3)C(=O)O)n2)cc(C(F)(F)F)c1. The van der Waals surface area contributed by atoms with Gasteiger partial charge in [-0.25, -0.2) is 24.4 Å². The van der Waals surface area contributed by atoms with Crippen molar-refractivity contribution in [3.63, 3.8) is 0 Å². The molecule has 0 amide bonds. The third kappa shape index (κ3) is 5.87. The van der Waals surface area contributed by atoms with Crippen molar-refractivity contribution < 1.29 is 27.8 Å². The summed E-state index contributed by atoms with van der Waals surface area (Å²) in [7, 11) is 0. The highest BCUT2D eigenvalue weighted by molar-refractivity contribution is 5.90. The molecule has 0 aliphatic rings. The Balaban J connectivity index is 1.95. The maximum absolute atomic E-state index is 13.3. The predicted molar refractivity (Wildman–Crippen MR) is 104 cm³/mol. The monoisotopic (exact) mass is 433 g/mol. The van der Waals surface area contributed by atoms with E-state index in [1.165, 1.54) is 37.3 Å². The first-order valence-electron chi connectivity index (χ1n) is 9.10. The first-order valence-corrected chi connectivity index (χ1v) is 9.10. The number of hydrogen-bond acceptors (Lipinski definition) is 6. The Bertz CT molecular complexity index is 1090. The number of ether oxygens (including phenoxy) is 1. The third-order valence-corrected chi connectivity index (χ3v) is 3.94.